The lowest BCUT2D eigenvalue weighted by Gasteiger charge is -2.14. The molecule has 0 saturated carbocycles. The molecule has 1 aromatic carbocycles. The van der Waals surface area contributed by atoms with Crippen LogP contribution in [-0.2, 0) is 9.53 Å². The SMILES string of the molecule is CCCCOC(C(=O)O)c1cccc(C)c1. The fraction of sp³-hybridized carbons (Fsp3) is 0.462. The monoisotopic (exact) mass is 222 g/mol. The molecule has 0 bridgehead atoms. The predicted octanol–water partition coefficient (Wildman–Crippen LogP) is 2.94. The highest BCUT2D eigenvalue weighted by Crippen LogP contribution is 2.19. The first kappa shape index (κ1) is 12.7. The van der Waals surface area contributed by atoms with Gasteiger partial charge in [0.25, 0.3) is 0 Å². The summed E-state index contributed by atoms with van der Waals surface area (Å²) < 4.78 is 5.39. The molecule has 0 radical (unpaired) electrons. The van der Waals surface area contributed by atoms with Gasteiger partial charge < -0.3 is 9.84 Å². The lowest BCUT2D eigenvalue weighted by atomic mass is 10.1. The third kappa shape index (κ3) is 3.66. The lowest BCUT2D eigenvalue weighted by molar-refractivity contribution is -0.151. The molecule has 0 saturated heterocycles. The van der Waals surface area contributed by atoms with E-state index in [1.165, 1.54) is 0 Å². The second-order valence-corrected chi connectivity index (χ2v) is 3.86. The Kier molecular flexibility index (Phi) is 4.99. The Balaban J connectivity index is 2.73. The van der Waals surface area contributed by atoms with E-state index >= 15 is 0 Å². The van der Waals surface area contributed by atoms with Gasteiger partial charge in [-0.1, -0.05) is 43.2 Å². The van der Waals surface area contributed by atoms with Crippen LogP contribution in [0.3, 0.4) is 0 Å². The number of carboxylic acid groups (broad SMARTS) is 1. The van der Waals surface area contributed by atoms with Crippen molar-refractivity contribution in [1.29, 1.82) is 0 Å². The zero-order valence-corrected chi connectivity index (χ0v) is 9.77. The number of carboxylic acids is 1. The van der Waals surface area contributed by atoms with Gasteiger partial charge in [0.1, 0.15) is 0 Å². The minimum absolute atomic E-state index is 0.488. The van der Waals surface area contributed by atoms with Crippen LogP contribution in [0.5, 0.6) is 0 Å². The highest BCUT2D eigenvalue weighted by Gasteiger charge is 2.19. The Hall–Kier alpha value is -1.35. The summed E-state index contributed by atoms with van der Waals surface area (Å²) in [5, 5.41) is 9.09. The lowest BCUT2D eigenvalue weighted by Crippen LogP contribution is -2.16. The largest absolute Gasteiger partial charge is 0.479 e. The van der Waals surface area contributed by atoms with Crippen molar-refractivity contribution < 1.29 is 14.6 Å². The molecular weight excluding hydrogens is 204 g/mol. The molecule has 3 nitrogen and oxygen atoms in total. The summed E-state index contributed by atoms with van der Waals surface area (Å²) in [5.74, 6) is -0.929. The topological polar surface area (TPSA) is 46.5 Å². The van der Waals surface area contributed by atoms with Crippen molar-refractivity contribution in [2.45, 2.75) is 32.8 Å². The predicted molar refractivity (Wildman–Crippen MR) is 62.4 cm³/mol. The summed E-state index contributed by atoms with van der Waals surface area (Å²) in [4.78, 5) is 11.1. The Morgan fingerprint density at radius 2 is 2.25 bits per heavy atom. The molecule has 88 valence electrons. The number of ether oxygens (including phenoxy) is 1. The number of hydrogen-bond acceptors (Lipinski definition) is 2. The average Bonchev–Trinajstić information content (AvgIpc) is 2.24. The molecule has 3 heteroatoms. The zero-order valence-electron chi connectivity index (χ0n) is 9.77. The number of carbonyl (C=O) groups is 1. The minimum atomic E-state index is -0.929. The van der Waals surface area contributed by atoms with E-state index < -0.39 is 12.1 Å². The molecule has 1 atom stereocenters. The van der Waals surface area contributed by atoms with Crippen LogP contribution in [0.2, 0.25) is 0 Å². The molecule has 0 aliphatic carbocycles. The number of hydrogen-bond donors (Lipinski definition) is 1. The van der Waals surface area contributed by atoms with Gasteiger partial charge in [0.05, 0.1) is 0 Å². The number of aliphatic carboxylic acids is 1. The summed E-state index contributed by atoms with van der Waals surface area (Å²) in [6.07, 6.45) is 1.04. The van der Waals surface area contributed by atoms with E-state index in [0.29, 0.717) is 12.2 Å². The third-order valence-corrected chi connectivity index (χ3v) is 2.35. The first-order chi connectivity index (χ1) is 7.65. The van der Waals surface area contributed by atoms with Crippen molar-refractivity contribution in [2.75, 3.05) is 6.61 Å². The Bertz CT molecular complexity index is 347. The summed E-state index contributed by atoms with van der Waals surface area (Å²) >= 11 is 0. The van der Waals surface area contributed by atoms with E-state index in [-0.39, 0.29) is 0 Å². The van der Waals surface area contributed by atoms with Crippen LogP contribution in [-0.4, -0.2) is 17.7 Å². The summed E-state index contributed by atoms with van der Waals surface area (Å²) in [5.41, 5.74) is 1.76. The van der Waals surface area contributed by atoms with Crippen molar-refractivity contribution in [2.24, 2.45) is 0 Å². The van der Waals surface area contributed by atoms with Crippen molar-refractivity contribution in [3.8, 4) is 0 Å². The molecule has 16 heavy (non-hydrogen) atoms. The van der Waals surface area contributed by atoms with E-state index in [2.05, 4.69) is 0 Å². The smallest absolute Gasteiger partial charge is 0.337 e. The maximum atomic E-state index is 11.1. The summed E-state index contributed by atoms with van der Waals surface area (Å²) in [6.45, 7) is 4.47. The number of rotatable bonds is 6. The first-order valence-corrected chi connectivity index (χ1v) is 5.56. The number of benzene rings is 1. The molecule has 0 amide bonds. The fourth-order valence-corrected chi connectivity index (χ4v) is 1.49. The van der Waals surface area contributed by atoms with Gasteiger partial charge in [-0.25, -0.2) is 4.79 Å². The Morgan fingerprint density at radius 3 is 2.81 bits per heavy atom. The number of aryl methyl sites for hydroxylation is 1. The van der Waals surface area contributed by atoms with Crippen LogP contribution in [0.15, 0.2) is 24.3 Å². The average molecular weight is 222 g/mol. The third-order valence-electron chi connectivity index (χ3n) is 2.35. The van der Waals surface area contributed by atoms with Gasteiger partial charge in [-0.05, 0) is 18.9 Å². The Labute approximate surface area is 96.1 Å². The van der Waals surface area contributed by atoms with E-state index in [1.807, 2.05) is 32.0 Å². The summed E-state index contributed by atoms with van der Waals surface area (Å²) in [7, 11) is 0. The van der Waals surface area contributed by atoms with Gasteiger partial charge >= 0.3 is 5.97 Å². The van der Waals surface area contributed by atoms with E-state index in [4.69, 9.17) is 9.84 Å². The van der Waals surface area contributed by atoms with E-state index in [0.717, 1.165) is 18.4 Å². The van der Waals surface area contributed by atoms with Crippen LogP contribution in [0.25, 0.3) is 0 Å². The minimum Gasteiger partial charge on any atom is -0.479 e. The molecular formula is C13H18O3. The van der Waals surface area contributed by atoms with Crippen LogP contribution in [0.1, 0.15) is 37.0 Å². The highest BCUT2D eigenvalue weighted by atomic mass is 16.5. The van der Waals surface area contributed by atoms with Crippen molar-refractivity contribution >= 4 is 5.97 Å². The molecule has 1 unspecified atom stereocenters. The van der Waals surface area contributed by atoms with Gasteiger partial charge in [0.2, 0.25) is 0 Å². The molecule has 0 fully saturated rings. The molecule has 0 aliphatic heterocycles. The van der Waals surface area contributed by atoms with Crippen molar-refractivity contribution in [3.63, 3.8) is 0 Å². The highest BCUT2D eigenvalue weighted by molar-refractivity contribution is 5.74. The molecule has 1 aromatic rings. The quantitative estimate of drug-likeness (QED) is 0.753. The number of unbranched alkanes of at least 4 members (excludes halogenated alkanes) is 1. The van der Waals surface area contributed by atoms with E-state index in [9.17, 15) is 4.79 Å². The molecule has 0 aromatic heterocycles. The van der Waals surface area contributed by atoms with Crippen molar-refractivity contribution in [3.05, 3.63) is 35.4 Å². The van der Waals surface area contributed by atoms with Crippen LogP contribution >= 0.6 is 0 Å². The fourth-order valence-electron chi connectivity index (χ4n) is 1.49. The molecule has 0 heterocycles. The van der Waals surface area contributed by atoms with Crippen LogP contribution in [0.4, 0.5) is 0 Å². The Morgan fingerprint density at radius 1 is 1.50 bits per heavy atom. The van der Waals surface area contributed by atoms with Crippen LogP contribution in [0, 0.1) is 6.92 Å². The standard InChI is InChI=1S/C13H18O3/c1-3-4-8-16-12(13(14)15)11-7-5-6-10(2)9-11/h5-7,9,12H,3-4,8H2,1-2H3,(H,14,15). The second-order valence-electron chi connectivity index (χ2n) is 3.86. The van der Waals surface area contributed by atoms with Gasteiger partial charge in [0, 0.05) is 6.61 Å². The van der Waals surface area contributed by atoms with E-state index in [1.54, 1.807) is 6.07 Å². The van der Waals surface area contributed by atoms with Crippen LogP contribution < -0.4 is 0 Å². The van der Waals surface area contributed by atoms with Gasteiger partial charge in [0.15, 0.2) is 6.10 Å². The van der Waals surface area contributed by atoms with Gasteiger partial charge in [-0.3, -0.25) is 0 Å². The first-order valence-electron chi connectivity index (χ1n) is 5.56. The normalized spacial score (nSPS) is 12.4. The molecule has 1 rings (SSSR count). The van der Waals surface area contributed by atoms with Crippen molar-refractivity contribution in [1.82, 2.24) is 0 Å². The molecule has 0 spiro atoms. The summed E-state index contributed by atoms with van der Waals surface area (Å²) in [6, 6.07) is 7.43. The molecule has 0 aliphatic rings. The second kappa shape index (κ2) is 6.28. The maximum absolute atomic E-state index is 11.1. The van der Waals surface area contributed by atoms with Gasteiger partial charge in [-0.15, -0.1) is 0 Å². The molecule has 1 N–H and O–H groups in total. The zero-order chi connectivity index (χ0) is 12.0. The van der Waals surface area contributed by atoms with Gasteiger partial charge in [-0.2, -0.15) is 0 Å². The maximum Gasteiger partial charge on any atom is 0.337 e.